The molecule has 0 bridgehead atoms. The zero-order valence-corrected chi connectivity index (χ0v) is 17.3. The summed E-state index contributed by atoms with van der Waals surface area (Å²) in [7, 11) is 4.05. The van der Waals surface area contributed by atoms with Crippen LogP contribution >= 0.6 is 0 Å². The first kappa shape index (κ1) is 20.1. The van der Waals surface area contributed by atoms with Gasteiger partial charge in [-0.25, -0.2) is 0 Å². The Hall–Kier alpha value is -2.67. The fraction of sp³-hybridized carbons (Fsp3) is 0.476. The minimum absolute atomic E-state index is 0.0482. The third-order valence-electron chi connectivity index (χ3n) is 5.23. The van der Waals surface area contributed by atoms with Gasteiger partial charge in [0.2, 0.25) is 0 Å². The van der Waals surface area contributed by atoms with Gasteiger partial charge in [0, 0.05) is 45.0 Å². The first-order chi connectivity index (χ1) is 13.5. The van der Waals surface area contributed by atoms with Crippen molar-refractivity contribution in [1.82, 2.24) is 20.0 Å². The third kappa shape index (κ3) is 4.78. The number of piperazine rings is 1. The van der Waals surface area contributed by atoms with Gasteiger partial charge in [-0.1, -0.05) is 12.1 Å². The van der Waals surface area contributed by atoms with Crippen LogP contribution in [-0.4, -0.2) is 79.3 Å². The summed E-state index contributed by atoms with van der Waals surface area (Å²) in [5, 5.41) is 11.5. The van der Waals surface area contributed by atoms with E-state index in [0.717, 1.165) is 26.2 Å². The smallest absolute Gasteiger partial charge is 0.274 e. The number of aryl methyl sites for hydroxylation is 1. The molecule has 2 aromatic rings. The van der Waals surface area contributed by atoms with Crippen LogP contribution in [0.3, 0.4) is 0 Å². The summed E-state index contributed by atoms with van der Waals surface area (Å²) in [6.45, 7) is 9.03. The second kappa shape index (κ2) is 9.01. The molecule has 0 spiro atoms. The predicted molar refractivity (Wildman–Crippen MR) is 113 cm³/mol. The van der Waals surface area contributed by atoms with Crippen LogP contribution in [0.5, 0.6) is 0 Å². The van der Waals surface area contributed by atoms with Gasteiger partial charge >= 0.3 is 0 Å². The van der Waals surface area contributed by atoms with Crippen LogP contribution in [0.15, 0.2) is 30.3 Å². The normalized spacial score (nSPS) is 14.5. The Morgan fingerprint density at radius 2 is 1.82 bits per heavy atom. The molecule has 1 fully saturated rings. The molecule has 1 saturated heterocycles. The molecule has 0 atom stereocenters. The van der Waals surface area contributed by atoms with Crippen molar-refractivity contribution in [3.63, 3.8) is 0 Å². The number of nitrogens with zero attached hydrogens (tertiary/aromatic N) is 5. The Bertz CT molecular complexity index is 797. The summed E-state index contributed by atoms with van der Waals surface area (Å²) in [5.74, 6) is 0.645. The van der Waals surface area contributed by atoms with Crippen molar-refractivity contribution in [2.45, 2.75) is 13.8 Å². The van der Waals surface area contributed by atoms with Gasteiger partial charge in [0.1, 0.15) is 5.82 Å². The number of amides is 1. The largest absolute Gasteiger partial charge is 0.368 e. The molecule has 150 valence electrons. The number of likely N-dealkylation sites (N-methyl/N-ethyl adjacent to an activating group) is 1. The maximum Gasteiger partial charge on any atom is 0.274 e. The molecule has 1 aliphatic heterocycles. The van der Waals surface area contributed by atoms with Crippen molar-refractivity contribution in [3.05, 3.63) is 47.2 Å². The van der Waals surface area contributed by atoms with Gasteiger partial charge in [-0.2, -0.15) is 0 Å². The maximum atomic E-state index is 12.8. The van der Waals surface area contributed by atoms with Gasteiger partial charge in [-0.3, -0.25) is 4.79 Å². The SMILES string of the molecule is Cc1cccc(N2CCN(C(=O)c3ccc(NCCN(C)C)nn3)CC2)c1C. The fourth-order valence-electron chi connectivity index (χ4n) is 3.34. The summed E-state index contributed by atoms with van der Waals surface area (Å²) >= 11 is 0. The van der Waals surface area contributed by atoms with Crippen LogP contribution in [0.4, 0.5) is 11.5 Å². The Kier molecular flexibility index (Phi) is 6.46. The lowest BCUT2D eigenvalue weighted by molar-refractivity contribution is 0.0739. The van der Waals surface area contributed by atoms with Crippen LogP contribution in [0, 0.1) is 13.8 Å². The monoisotopic (exact) mass is 382 g/mol. The third-order valence-corrected chi connectivity index (χ3v) is 5.23. The average Bonchev–Trinajstić information content (AvgIpc) is 2.70. The van der Waals surface area contributed by atoms with Crippen LogP contribution in [0.25, 0.3) is 0 Å². The molecule has 1 aromatic heterocycles. The van der Waals surface area contributed by atoms with Crippen molar-refractivity contribution < 1.29 is 4.79 Å². The quantitative estimate of drug-likeness (QED) is 0.825. The van der Waals surface area contributed by atoms with E-state index in [2.05, 4.69) is 57.4 Å². The fourth-order valence-corrected chi connectivity index (χ4v) is 3.34. The molecule has 7 nitrogen and oxygen atoms in total. The van der Waals surface area contributed by atoms with E-state index in [1.54, 1.807) is 6.07 Å². The number of benzene rings is 1. The molecule has 7 heteroatoms. The summed E-state index contributed by atoms with van der Waals surface area (Å²) in [4.78, 5) is 19.1. The number of hydrogen-bond acceptors (Lipinski definition) is 6. The summed E-state index contributed by atoms with van der Waals surface area (Å²) in [6, 6.07) is 9.97. The number of aromatic nitrogens is 2. The molecular formula is C21H30N6O. The summed E-state index contributed by atoms with van der Waals surface area (Å²) in [5.41, 5.74) is 4.27. The minimum atomic E-state index is -0.0482. The van der Waals surface area contributed by atoms with Crippen molar-refractivity contribution >= 4 is 17.4 Å². The number of hydrogen-bond donors (Lipinski definition) is 1. The summed E-state index contributed by atoms with van der Waals surface area (Å²) in [6.07, 6.45) is 0. The lowest BCUT2D eigenvalue weighted by Gasteiger charge is -2.36. The molecule has 2 heterocycles. The van der Waals surface area contributed by atoms with Crippen LogP contribution in [0.1, 0.15) is 21.6 Å². The van der Waals surface area contributed by atoms with Crippen molar-refractivity contribution in [3.8, 4) is 0 Å². The Balaban J connectivity index is 1.55. The number of carbonyl (C=O) groups excluding carboxylic acids is 1. The first-order valence-electron chi connectivity index (χ1n) is 9.78. The molecule has 1 aromatic carbocycles. The van der Waals surface area contributed by atoms with Crippen molar-refractivity contribution in [2.75, 3.05) is 63.6 Å². The van der Waals surface area contributed by atoms with Gasteiger partial charge in [-0.05, 0) is 57.3 Å². The highest BCUT2D eigenvalue weighted by atomic mass is 16.2. The molecule has 3 rings (SSSR count). The van der Waals surface area contributed by atoms with E-state index < -0.39 is 0 Å². The second-order valence-electron chi connectivity index (χ2n) is 7.53. The number of carbonyl (C=O) groups is 1. The minimum Gasteiger partial charge on any atom is -0.368 e. The van der Waals surface area contributed by atoms with E-state index in [9.17, 15) is 4.79 Å². The standard InChI is InChI=1S/C21H30N6O/c1-16-6-5-7-19(17(16)2)26-12-14-27(15-13-26)21(28)18-8-9-20(24-23-18)22-10-11-25(3)4/h5-9H,10-15H2,1-4H3,(H,22,24). The predicted octanol–water partition coefficient (Wildman–Crippen LogP) is 2.03. The molecule has 1 aliphatic rings. The molecule has 0 radical (unpaired) electrons. The molecular weight excluding hydrogens is 352 g/mol. The van der Waals surface area contributed by atoms with E-state index in [1.165, 1.54) is 16.8 Å². The molecule has 0 saturated carbocycles. The molecule has 0 unspecified atom stereocenters. The Morgan fingerprint density at radius 1 is 1.07 bits per heavy atom. The zero-order valence-electron chi connectivity index (χ0n) is 17.3. The second-order valence-corrected chi connectivity index (χ2v) is 7.53. The van der Waals surface area contributed by atoms with E-state index in [1.807, 2.05) is 25.1 Å². The van der Waals surface area contributed by atoms with Gasteiger partial charge < -0.3 is 20.0 Å². The highest BCUT2D eigenvalue weighted by molar-refractivity contribution is 5.92. The lowest BCUT2D eigenvalue weighted by atomic mass is 10.1. The number of rotatable bonds is 6. The Labute approximate surface area is 167 Å². The Morgan fingerprint density at radius 3 is 2.46 bits per heavy atom. The molecule has 1 N–H and O–H groups in total. The van der Waals surface area contributed by atoms with Crippen LogP contribution < -0.4 is 10.2 Å². The lowest BCUT2D eigenvalue weighted by Crippen LogP contribution is -2.49. The van der Waals surface area contributed by atoms with Crippen LogP contribution in [0.2, 0.25) is 0 Å². The number of anilines is 2. The first-order valence-corrected chi connectivity index (χ1v) is 9.78. The van der Waals surface area contributed by atoms with E-state index >= 15 is 0 Å². The van der Waals surface area contributed by atoms with Gasteiger partial charge in [0.05, 0.1) is 0 Å². The highest BCUT2D eigenvalue weighted by Crippen LogP contribution is 2.24. The van der Waals surface area contributed by atoms with Gasteiger partial charge in [-0.15, -0.1) is 10.2 Å². The maximum absolute atomic E-state index is 12.8. The molecule has 0 aliphatic carbocycles. The zero-order chi connectivity index (χ0) is 20.1. The van der Waals surface area contributed by atoms with E-state index in [4.69, 9.17) is 0 Å². The van der Waals surface area contributed by atoms with E-state index in [-0.39, 0.29) is 5.91 Å². The van der Waals surface area contributed by atoms with Crippen LogP contribution in [-0.2, 0) is 0 Å². The average molecular weight is 383 g/mol. The molecule has 28 heavy (non-hydrogen) atoms. The highest BCUT2D eigenvalue weighted by Gasteiger charge is 2.24. The summed E-state index contributed by atoms with van der Waals surface area (Å²) < 4.78 is 0. The molecule has 1 amide bonds. The number of nitrogens with one attached hydrogen (secondary N) is 1. The van der Waals surface area contributed by atoms with Crippen molar-refractivity contribution in [2.24, 2.45) is 0 Å². The van der Waals surface area contributed by atoms with E-state index in [0.29, 0.717) is 24.6 Å². The topological polar surface area (TPSA) is 64.6 Å². The van der Waals surface area contributed by atoms with Crippen molar-refractivity contribution in [1.29, 1.82) is 0 Å². The van der Waals surface area contributed by atoms with Gasteiger partial charge in [0.25, 0.3) is 5.91 Å². The van der Waals surface area contributed by atoms with Gasteiger partial charge in [0.15, 0.2) is 5.69 Å².